The van der Waals surface area contributed by atoms with Crippen LogP contribution in [0.1, 0.15) is 25.2 Å². The number of rotatable bonds is 4. The average molecular weight is 292 g/mol. The minimum atomic E-state index is -0.917. The molecule has 0 atom stereocenters. The Morgan fingerprint density at radius 2 is 2.15 bits per heavy atom. The number of nitrogens with one attached hydrogen (secondary N) is 1. The number of hydrogen-bond donors (Lipinski definition) is 2. The molecule has 2 rings (SSSR count). The summed E-state index contributed by atoms with van der Waals surface area (Å²) in [4.78, 5) is 30.2. The number of aryl methyl sites for hydroxylation is 1. The van der Waals surface area contributed by atoms with E-state index in [4.69, 9.17) is 5.11 Å². The molecule has 1 heterocycles. The highest BCUT2D eigenvalue weighted by molar-refractivity contribution is 8.00. The standard InChI is InChI=1S/C14H16N2O3S/c1-8-5-4-6-9-11(8)15-10(16-12(9)17)7-20-14(2,3)13(18)19/h4-6H,7H2,1-3H3,(H,18,19)(H,15,16,17). The van der Waals surface area contributed by atoms with E-state index < -0.39 is 10.7 Å². The van der Waals surface area contributed by atoms with Crippen LogP contribution in [0.2, 0.25) is 0 Å². The molecule has 20 heavy (non-hydrogen) atoms. The summed E-state index contributed by atoms with van der Waals surface area (Å²) in [6, 6.07) is 5.44. The molecule has 0 radical (unpaired) electrons. The molecule has 0 unspecified atom stereocenters. The van der Waals surface area contributed by atoms with Gasteiger partial charge in [0.1, 0.15) is 10.6 Å². The lowest BCUT2D eigenvalue weighted by molar-refractivity contribution is -0.138. The molecular formula is C14H16N2O3S. The Morgan fingerprint density at radius 1 is 1.45 bits per heavy atom. The van der Waals surface area contributed by atoms with E-state index in [1.54, 1.807) is 19.9 Å². The Hall–Kier alpha value is -1.82. The maximum atomic E-state index is 12.0. The van der Waals surface area contributed by atoms with E-state index >= 15 is 0 Å². The van der Waals surface area contributed by atoms with E-state index in [-0.39, 0.29) is 5.56 Å². The highest BCUT2D eigenvalue weighted by atomic mass is 32.2. The van der Waals surface area contributed by atoms with E-state index in [0.29, 0.717) is 22.5 Å². The van der Waals surface area contributed by atoms with Crippen LogP contribution >= 0.6 is 11.8 Å². The third kappa shape index (κ3) is 2.85. The molecule has 0 aliphatic heterocycles. The fourth-order valence-electron chi connectivity index (χ4n) is 1.73. The molecule has 1 aromatic carbocycles. The minimum absolute atomic E-state index is 0.192. The quantitative estimate of drug-likeness (QED) is 0.903. The first kappa shape index (κ1) is 14.6. The summed E-state index contributed by atoms with van der Waals surface area (Å²) in [6.45, 7) is 5.15. The predicted octanol–water partition coefficient (Wildman–Crippen LogP) is 2.33. The van der Waals surface area contributed by atoms with Crippen LogP contribution in [0.4, 0.5) is 0 Å². The number of nitrogens with zero attached hydrogens (tertiary/aromatic N) is 1. The number of aromatic amines is 1. The first-order chi connectivity index (χ1) is 9.31. The van der Waals surface area contributed by atoms with Crippen molar-refractivity contribution >= 4 is 28.6 Å². The molecule has 106 valence electrons. The van der Waals surface area contributed by atoms with Gasteiger partial charge in [-0.15, -0.1) is 11.8 Å². The number of carboxylic acid groups (broad SMARTS) is 1. The summed E-state index contributed by atoms with van der Waals surface area (Å²) in [7, 11) is 0. The van der Waals surface area contributed by atoms with Crippen molar-refractivity contribution in [3.05, 3.63) is 39.9 Å². The van der Waals surface area contributed by atoms with Crippen LogP contribution in [0.25, 0.3) is 10.9 Å². The number of aromatic nitrogens is 2. The zero-order chi connectivity index (χ0) is 14.9. The monoisotopic (exact) mass is 292 g/mol. The third-order valence-electron chi connectivity index (χ3n) is 3.07. The highest BCUT2D eigenvalue weighted by Gasteiger charge is 2.27. The molecule has 0 saturated carbocycles. The second kappa shape index (κ2) is 5.28. The zero-order valence-corrected chi connectivity index (χ0v) is 12.4. The van der Waals surface area contributed by atoms with Gasteiger partial charge in [-0.25, -0.2) is 4.98 Å². The van der Waals surface area contributed by atoms with Gasteiger partial charge in [-0.05, 0) is 32.4 Å². The summed E-state index contributed by atoms with van der Waals surface area (Å²) >= 11 is 1.23. The van der Waals surface area contributed by atoms with E-state index in [1.807, 2.05) is 19.1 Å². The van der Waals surface area contributed by atoms with Gasteiger partial charge >= 0.3 is 5.97 Å². The number of carboxylic acids is 1. The number of aliphatic carboxylic acids is 1. The van der Waals surface area contributed by atoms with Crippen molar-refractivity contribution in [1.82, 2.24) is 9.97 Å². The van der Waals surface area contributed by atoms with E-state index in [2.05, 4.69) is 9.97 Å². The molecule has 0 bridgehead atoms. The number of H-pyrrole nitrogens is 1. The highest BCUT2D eigenvalue weighted by Crippen LogP contribution is 2.27. The molecule has 0 amide bonds. The van der Waals surface area contributed by atoms with Crippen LogP contribution in [0.5, 0.6) is 0 Å². The molecule has 1 aromatic heterocycles. The average Bonchev–Trinajstić information content (AvgIpc) is 2.37. The van der Waals surface area contributed by atoms with E-state index in [0.717, 1.165) is 5.56 Å². The van der Waals surface area contributed by atoms with Crippen LogP contribution < -0.4 is 5.56 Å². The van der Waals surface area contributed by atoms with Crippen molar-refractivity contribution in [3.8, 4) is 0 Å². The minimum Gasteiger partial charge on any atom is -0.480 e. The lowest BCUT2D eigenvalue weighted by Crippen LogP contribution is -2.27. The summed E-state index contributed by atoms with van der Waals surface area (Å²) in [6.07, 6.45) is 0. The third-order valence-corrected chi connectivity index (χ3v) is 4.39. The first-order valence-corrected chi connectivity index (χ1v) is 7.16. The topological polar surface area (TPSA) is 83.0 Å². The van der Waals surface area contributed by atoms with Crippen LogP contribution in [-0.4, -0.2) is 25.8 Å². The van der Waals surface area contributed by atoms with Crippen molar-refractivity contribution in [1.29, 1.82) is 0 Å². The van der Waals surface area contributed by atoms with Crippen molar-refractivity contribution < 1.29 is 9.90 Å². The molecule has 0 saturated heterocycles. The number of carbonyl (C=O) groups is 1. The molecule has 2 N–H and O–H groups in total. The normalized spacial score (nSPS) is 11.8. The van der Waals surface area contributed by atoms with Gasteiger partial charge in [0.25, 0.3) is 5.56 Å². The molecule has 6 heteroatoms. The van der Waals surface area contributed by atoms with Gasteiger partial charge in [0.15, 0.2) is 0 Å². The van der Waals surface area contributed by atoms with Gasteiger partial charge in [0.05, 0.1) is 16.7 Å². The van der Waals surface area contributed by atoms with Gasteiger partial charge in [0.2, 0.25) is 0 Å². The fraction of sp³-hybridized carbons (Fsp3) is 0.357. The number of fused-ring (bicyclic) bond motifs is 1. The Kier molecular flexibility index (Phi) is 3.85. The summed E-state index contributed by atoms with van der Waals surface area (Å²) in [5.74, 6) is -0.0447. The van der Waals surface area contributed by atoms with E-state index in [9.17, 15) is 9.59 Å². The molecule has 0 fully saturated rings. The van der Waals surface area contributed by atoms with Gasteiger partial charge < -0.3 is 10.1 Å². The summed E-state index contributed by atoms with van der Waals surface area (Å²) in [5.41, 5.74) is 1.40. The Morgan fingerprint density at radius 3 is 2.80 bits per heavy atom. The smallest absolute Gasteiger partial charge is 0.319 e. The van der Waals surface area contributed by atoms with Crippen molar-refractivity contribution in [2.45, 2.75) is 31.3 Å². The van der Waals surface area contributed by atoms with Crippen LogP contribution in [0, 0.1) is 6.92 Å². The number of hydrogen-bond acceptors (Lipinski definition) is 4. The maximum absolute atomic E-state index is 12.0. The SMILES string of the molecule is Cc1cccc2c(=O)[nH]c(CSC(C)(C)C(=O)O)nc12. The second-order valence-corrected chi connectivity index (χ2v) is 6.69. The summed E-state index contributed by atoms with van der Waals surface area (Å²) in [5, 5.41) is 9.63. The molecule has 0 spiro atoms. The predicted molar refractivity (Wildman–Crippen MR) is 80.1 cm³/mol. The lowest BCUT2D eigenvalue weighted by atomic mass is 10.1. The number of benzene rings is 1. The van der Waals surface area contributed by atoms with E-state index in [1.165, 1.54) is 11.8 Å². The van der Waals surface area contributed by atoms with Crippen LogP contribution in [0.3, 0.4) is 0 Å². The molecule has 2 aromatic rings. The fourth-order valence-corrected chi connectivity index (χ4v) is 2.49. The Balaban J connectivity index is 2.35. The van der Waals surface area contributed by atoms with Crippen LogP contribution in [-0.2, 0) is 10.5 Å². The second-order valence-electron chi connectivity index (χ2n) is 5.09. The van der Waals surface area contributed by atoms with Gasteiger partial charge in [-0.3, -0.25) is 9.59 Å². The molecule has 5 nitrogen and oxygen atoms in total. The first-order valence-electron chi connectivity index (χ1n) is 6.17. The van der Waals surface area contributed by atoms with Crippen molar-refractivity contribution in [2.75, 3.05) is 0 Å². The molecule has 0 aliphatic rings. The van der Waals surface area contributed by atoms with Crippen molar-refractivity contribution in [2.24, 2.45) is 0 Å². The van der Waals surface area contributed by atoms with Crippen molar-refractivity contribution in [3.63, 3.8) is 0 Å². The number of thioether (sulfide) groups is 1. The molecular weight excluding hydrogens is 276 g/mol. The number of para-hydroxylation sites is 1. The Bertz CT molecular complexity index is 722. The Labute approximate surface area is 120 Å². The van der Waals surface area contributed by atoms with Gasteiger partial charge in [-0.1, -0.05) is 12.1 Å². The maximum Gasteiger partial charge on any atom is 0.319 e. The zero-order valence-electron chi connectivity index (χ0n) is 11.6. The van der Waals surface area contributed by atoms with Crippen LogP contribution in [0.15, 0.2) is 23.0 Å². The largest absolute Gasteiger partial charge is 0.480 e. The van der Waals surface area contributed by atoms with Gasteiger partial charge in [0, 0.05) is 0 Å². The lowest BCUT2D eigenvalue weighted by Gasteiger charge is -2.17. The van der Waals surface area contributed by atoms with Gasteiger partial charge in [-0.2, -0.15) is 0 Å². The summed E-state index contributed by atoms with van der Waals surface area (Å²) < 4.78 is -0.917. The molecule has 0 aliphatic carbocycles.